The molecule has 100 valence electrons. The Labute approximate surface area is 122 Å². The summed E-state index contributed by atoms with van der Waals surface area (Å²) in [4.78, 5) is 16.3. The van der Waals surface area contributed by atoms with Crippen molar-refractivity contribution in [2.45, 2.75) is 18.9 Å². The third-order valence-electron chi connectivity index (χ3n) is 3.13. The van der Waals surface area contributed by atoms with Crippen molar-refractivity contribution in [2.24, 2.45) is 7.05 Å². The van der Waals surface area contributed by atoms with Crippen LogP contribution in [0.25, 0.3) is 0 Å². The summed E-state index contributed by atoms with van der Waals surface area (Å²) >= 11 is 7.20. The molecule has 0 fully saturated rings. The maximum Gasteiger partial charge on any atom is 0.174 e. The number of rotatable bonds is 4. The summed E-state index contributed by atoms with van der Waals surface area (Å²) in [7, 11) is 1.97. The molecule has 5 heteroatoms. The average Bonchev–Trinajstić information content (AvgIpc) is 2.65. The molecule has 19 heavy (non-hydrogen) atoms. The van der Waals surface area contributed by atoms with Crippen molar-refractivity contribution < 1.29 is 4.79 Å². The molecule has 0 aliphatic carbocycles. The highest BCUT2D eigenvalue weighted by molar-refractivity contribution is 7.99. The molecule has 0 saturated heterocycles. The third-order valence-corrected chi connectivity index (χ3v) is 4.29. The molecule has 2 rings (SSSR count). The summed E-state index contributed by atoms with van der Waals surface area (Å²) in [5, 5.41) is 1.41. The van der Waals surface area contributed by atoms with Crippen LogP contribution in [0.3, 0.4) is 0 Å². The zero-order chi connectivity index (χ0) is 14.0. The summed E-state index contributed by atoms with van der Waals surface area (Å²) in [6, 6.07) is 5.54. The van der Waals surface area contributed by atoms with Crippen molar-refractivity contribution in [1.29, 1.82) is 0 Å². The minimum Gasteiger partial charge on any atom is -0.351 e. The minimum atomic E-state index is 0.128. The third kappa shape index (κ3) is 3.19. The Morgan fingerprint density at radius 1 is 1.42 bits per heavy atom. The fourth-order valence-corrected chi connectivity index (χ4v) is 2.64. The Morgan fingerprint density at radius 3 is 2.68 bits per heavy atom. The van der Waals surface area contributed by atoms with Crippen LogP contribution in [0.4, 0.5) is 0 Å². The first-order chi connectivity index (χ1) is 8.99. The van der Waals surface area contributed by atoms with E-state index >= 15 is 0 Å². The second-order valence-corrected chi connectivity index (χ2v) is 5.80. The van der Waals surface area contributed by atoms with Crippen molar-refractivity contribution in [3.63, 3.8) is 0 Å². The van der Waals surface area contributed by atoms with Gasteiger partial charge in [-0.05, 0) is 32.0 Å². The fourth-order valence-electron chi connectivity index (χ4n) is 1.80. The van der Waals surface area contributed by atoms with Gasteiger partial charge in [-0.3, -0.25) is 4.79 Å². The van der Waals surface area contributed by atoms with Crippen LogP contribution in [0.2, 0.25) is 5.02 Å². The van der Waals surface area contributed by atoms with E-state index in [2.05, 4.69) is 4.98 Å². The van der Waals surface area contributed by atoms with Gasteiger partial charge in [0.25, 0.3) is 0 Å². The first-order valence-corrected chi connectivity index (χ1v) is 7.26. The van der Waals surface area contributed by atoms with Crippen LogP contribution in [-0.2, 0) is 7.05 Å². The lowest BCUT2D eigenvalue weighted by Gasteiger charge is -2.02. The highest BCUT2D eigenvalue weighted by atomic mass is 35.5. The van der Waals surface area contributed by atoms with Crippen LogP contribution < -0.4 is 0 Å². The first kappa shape index (κ1) is 14.2. The number of hydrogen-bond donors (Lipinski definition) is 0. The van der Waals surface area contributed by atoms with E-state index in [0.29, 0.717) is 10.8 Å². The number of aromatic nitrogens is 2. The maximum atomic E-state index is 12.2. The summed E-state index contributed by atoms with van der Waals surface area (Å²) in [6.45, 7) is 3.96. The van der Waals surface area contributed by atoms with Gasteiger partial charge in [0.2, 0.25) is 0 Å². The lowest BCUT2D eigenvalue weighted by atomic mass is 10.2. The van der Waals surface area contributed by atoms with E-state index in [1.165, 1.54) is 11.8 Å². The van der Waals surface area contributed by atoms with Gasteiger partial charge in [-0.1, -0.05) is 23.4 Å². The van der Waals surface area contributed by atoms with Crippen molar-refractivity contribution in [3.05, 3.63) is 46.4 Å². The zero-order valence-electron chi connectivity index (χ0n) is 11.1. The van der Waals surface area contributed by atoms with Gasteiger partial charge in [0, 0.05) is 30.2 Å². The van der Waals surface area contributed by atoms with E-state index in [1.54, 1.807) is 12.3 Å². The molecule has 0 saturated carbocycles. The Hall–Kier alpha value is -1.26. The lowest BCUT2D eigenvalue weighted by molar-refractivity contribution is 0.102. The molecule has 0 unspecified atom stereocenters. The number of ketones is 1. The highest BCUT2D eigenvalue weighted by Gasteiger charge is 2.14. The van der Waals surface area contributed by atoms with E-state index in [4.69, 9.17) is 11.6 Å². The predicted octanol–water partition coefficient (Wildman–Crippen LogP) is 3.67. The molecular weight excluding hydrogens is 280 g/mol. The van der Waals surface area contributed by atoms with Crippen molar-refractivity contribution in [2.75, 3.05) is 5.75 Å². The Bertz CT molecular complexity index is 605. The normalized spacial score (nSPS) is 10.7. The van der Waals surface area contributed by atoms with Gasteiger partial charge in [0.15, 0.2) is 5.78 Å². The number of pyridine rings is 1. The zero-order valence-corrected chi connectivity index (χ0v) is 12.7. The van der Waals surface area contributed by atoms with Gasteiger partial charge >= 0.3 is 0 Å². The van der Waals surface area contributed by atoms with Crippen molar-refractivity contribution in [3.8, 4) is 0 Å². The molecule has 2 heterocycles. The molecule has 0 aromatic carbocycles. The number of halogens is 1. The predicted molar refractivity (Wildman–Crippen MR) is 79.2 cm³/mol. The van der Waals surface area contributed by atoms with Gasteiger partial charge in [-0.25, -0.2) is 4.98 Å². The number of aryl methyl sites for hydroxylation is 1. The number of carbonyl (C=O) groups is 1. The average molecular weight is 295 g/mol. The number of nitrogens with zero attached hydrogens (tertiary/aromatic N) is 2. The molecule has 0 spiro atoms. The van der Waals surface area contributed by atoms with Crippen LogP contribution in [0, 0.1) is 13.8 Å². The van der Waals surface area contributed by atoms with E-state index in [-0.39, 0.29) is 5.78 Å². The van der Waals surface area contributed by atoms with Gasteiger partial charge in [0.05, 0.1) is 15.8 Å². The van der Waals surface area contributed by atoms with Crippen LogP contribution >= 0.6 is 23.4 Å². The molecule has 0 amide bonds. The Balaban J connectivity index is 2.05. The second-order valence-electron chi connectivity index (χ2n) is 4.37. The molecule has 0 N–H and O–H groups in total. The summed E-state index contributed by atoms with van der Waals surface area (Å²) in [5.41, 5.74) is 2.89. The molecule has 0 bridgehead atoms. The maximum absolute atomic E-state index is 12.2. The van der Waals surface area contributed by atoms with Gasteiger partial charge in [0.1, 0.15) is 0 Å². The van der Waals surface area contributed by atoms with Crippen molar-refractivity contribution >= 4 is 29.1 Å². The van der Waals surface area contributed by atoms with Gasteiger partial charge in [-0.15, -0.1) is 0 Å². The fraction of sp³-hybridized carbons (Fsp3) is 0.286. The molecule has 2 aromatic rings. The summed E-state index contributed by atoms with van der Waals surface area (Å²) < 4.78 is 2.03. The first-order valence-electron chi connectivity index (χ1n) is 5.89. The monoisotopic (exact) mass is 294 g/mol. The van der Waals surface area contributed by atoms with Gasteiger partial charge < -0.3 is 4.57 Å². The van der Waals surface area contributed by atoms with E-state index in [1.807, 2.05) is 37.6 Å². The topological polar surface area (TPSA) is 34.9 Å². The Kier molecular flexibility index (Phi) is 4.32. The smallest absolute Gasteiger partial charge is 0.174 e. The van der Waals surface area contributed by atoms with E-state index in [0.717, 1.165) is 22.0 Å². The number of carbonyl (C=O) groups excluding carboxylic acids is 1. The molecule has 0 atom stereocenters. The van der Waals surface area contributed by atoms with E-state index < -0.39 is 0 Å². The SMILES string of the molecule is Cc1cc(C(=O)CSc2ccc(Cl)cn2)c(C)n1C. The summed E-state index contributed by atoms with van der Waals surface area (Å²) in [5.74, 6) is 0.516. The van der Waals surface area contributed by atoms with Crippen LogP contribution in [0.5, 0.6) is 0 Å². The van der Waals surface area contributed by atoms with Gasteiger partial charge in [-0.2, -0.15) is 0 Å². The molecule has 0 aliphatic rings. The number of thioether (sulfide) groups is 1. The second kappa shape index (κ2) is 5.80. The Morgan fingerprint density at radius 2 is 2.16 bits per heavy atom. The van der Waals surface area contributed by atoms with Crippen LogP contribution in [-0.4, -0.2) is 21.1 Å². The molecule has 3 nitrogen and oxygen atoms in total. The number of Topliss-reactive ketones (excluding diaryl/α,β-unsaturated/α-hetero) is 1. The summed E-state index contributed by atoms with van der Waals surface area (Å²) in [6.07, 6.45) is 1.59. The highest BCUT2D eigenvalue weighted by Crippen LogP contribution is 2.21. The molecule has 2 aromatic heterocycles. The van der Waals surface area contributed by atoms with E-state index in [9.17, 15) is 4.79 Å². The standard InChI is InChI=1S/C14H15ClN2OS/c1-9-6-12(10(2)17(9)3)13(18)8-19-14-5-4-11(15)7-16-14/h4-7H,8H2,1-3H3. The van der Waals surface area contributed by atoms with Crippen LogP contribution in [0.1, 0.15) is 21.7 Å². The molecule has 0 radical (unpaired) electrons. The van der Waals surface area contributed by atoms with Crippen molar-refractivity contribution in [1.82, 2.24) is 9.55 Å². The largest absolute Gasteiger partial charge is 0.351 e. The number of hydrogen-bond acceptors (Lipinski definition) is 3. The molecule has 0 aliphatic heterocycles. The quantitative estimate of drug-likeness (QED) is 0.637. The van der Waals surface area contributed by atoms with Crippen LogP contribution in [0.15, 0.2) is 29.4 Å². The lowest BCUT2D eigenvalue weighted by Crippen LogP contribution is -2.04. The minimum absolute atomic E-state index is 0.128. The molecular formula is C14H15ClN2OS.